The van der Waals surface area contributed by atoms with Crippen molar-refractivity contribution >= 4 is 11.6 Å². The summed E-state index contributed by atoms with van der Waals surface area (Å²) >= 11 is 5.66. The number of hydrogen-bond donors (Lipinski definition) is 0. The molecule has 1 rings (SSSR count). The van der Waals surface area contributed by atoms with Gasteiger partial charge < -0.3 is 4.74 Å². The van der Waals surface area contributed by atoms with E-state index >= 15 is 0 Å². The van der Waals surface area contributed by atoms with Crippen molar-refractivity contribution in [1.29, 1.82) is 0 Å². The van der Waals surface area contributed by atoms with E-state index in [0.717, 1.165) is 6.61 Å². The molecule has 1 nitrogen and oxygen atoms in total. The van der Waals surface area contributed by atoms with Crippen LogP contribution in [0.2, 0.25) is 0 Å². The minimum Gasteiger partial charge on any atom is -0.378 e. The summed E-state index contributed by atoms with van der Waals surface area (Å²) in [5, 5.41) is 0. The molecule has 0 aromatic carbocycles. The number of rotatable bonds is 4. The summed E-state index contributed by atoms with van der Waals surface area (Å²) < 4.78 is 5.67. The van der Waals surface area contributed by atoms with E-state index in [0.29, 0.717) is 17.9 Å². The summed E-state index contributed by atoms with van der Waals surface area (Å²) in [6.45, 7) is 2.97. The molecule has 0 aromatic heterocycles. The lowest BCUT2D eigenvalue weighted by Gasteiger charge is -2.13. The molecule has 0 spiro atoms. The zero-order valence-electron chi connectivity index (χ0n) is 7.18. The second kappa shape index (κ2) is 5.00. The summed E-state index contributed by atoms with van der Waals surface area (Å²) in [7, 11) is 0. The van der Waals surface area contributed by atoms with Crippen LogP contribution >= 0.6 is 11.6 Å². The van der Waals surface area contributed by atoms with Gasteiger partial charge in [0.1, 0.15) is 0 Å². The normalized spacial score (nSPS) is 22.4. The average molecular weight is 177 g/mol. The van der Waals surface area contributed by atoms with Crippen LogP contribution < -0.4 is 0 Å². The third-order valence-corrected chi connectivity index (χ3v) is 2.71. The minimum absolute atomic E-state index is 0.511. The molecule has 0 bridgehead atoms. The lowest BCUT2D eigenvalue weighted by atomic mass is 10.2. The van der Waals surface area contributed by atoms with Crippen molar-refractivity contribution in [2.45, 2.75) is 38.7 Å². The first-order chi connectivity index (χ1) is 5.33. The molecule has 1 fully saturated rings. The summed E-state index contributed by atoms with van der Waals surface area (Å²) in [6.07, 6.45) is 5.75. The molecule has 0 heterocycles. The molecule has 1 atom stereocenters. The van der Waals surface area contributed by atoms with Crippen molar-refractivity contribution in [2.75, 3.05) is 12.5 Å². The molecule has 1 aliphatic rings. The van der Waals surface area contributed by atoms with Crippen molar-refractivity contribution in [3.05, 3.63) is 0 Å². The van der Waals surface area contributed by atoms with Gasteiger partial charge in [0.05, 0.1) is 12.7 Å². The van der Waals surface area contributed by atoms with E-state index in [2.05, 4.69) is 6.92 Å². The fraction of sp³-hybridized carbons (Fsp3) is 1.00. The van der Waals surface area contributed by atoms with E-state index in [1.807, 2.05) is 0 Å². The minimum atomic E-state index is 0.511. The molecular formula is C9H17ClO. The number of hydrogen-bond acceptors (Lipinski definition) is 1. The highest BCUT2D eigenvalue weighted by molar-refractivity contribution is 6.18. The predicted octanol–water partition coefficient (Wildman–Crippen LogP) is 2.82. The number of halogens is 1. The van der Waals surface area contributed by atoms with Gasteiger partial charge in [-0.2, -0.15) is 0 Å². The van der Waals surface area contributed by atoms with Crippen LogP contribution in [0.25, 0.3) is 0 Å². The highest BCUT2D eigenvalue weighted by Gasteiger charge is 2.15. The van der Waals surface area contributed by atoms with Gasteiger partial charge in [0.15, 0.2) is 0 Å². The molecule has 0 aliphatic heterocycles. The molecule has 0 saturated heterocycles. The first kappa shape index (κ1) is 9.34. The maximum atomic E-state index is 5.67. The van der Waals surface area contributed by atoms with Crippen molar-refractivity contribution in [3.63, 3.8) is 0 Å². The predicted molar refractivity (Wildman–Crippen MR) is 48.1 cm³/mol. The van der Waals surface area contributed by atoms with Crippen LogP contribution in [0.5, 0.6) is 0 Å². The Bertz CT molecular complexity index is 99.7. The lowest BCUT2D eigenvalue weighted by Crippen LogP contribution is -2.14. The Kier molecular flexibility index (Phi) is 4.24. The van der Waals surface area contributed by atoms with Crippen LogP contribution in [0.1, 0.15) is 32.6 Å². The number of alkyl halides is 1. The zero-order valence-corrected chi connectivity index (χ0v) is 7.94. The standard InChI is InChI=1S/C9H17ClO/c1-8(6-10)7-11-9-4-2-3-5-9/h8-9H,2-7H2,1H3. The van der Waals surface area contributed by atoms with Crippen LogP contribution in [-0.2, 0) is 4.74 Å². The van der Waals surface area contributed by atoms with Crippen LogP contribution in [0.3, 0.4) is 0 Å². The zero-order chi connectivity index (χ0) is 8.10. The van der Waals surface area contributed by atoms with Crippen molar-refractivity contribution in [3.8, 4) is 0 Å². The van der Waals surface area contributed by atoms with Gasteiger partial charge in [0.2, 0.25) is 0 Å². The van der Waals surface area contributed by atoms with Crippen molar-refractivity contribution in [2.24, 2.45) is 5.92 Å². The second-order valence-electron chi connectivity index (χ2n) is 3.50. The van der Waals surface area contributed by atoms with Gasteiger partial charge in [-0.25, -0.2) is 0 Å². The van der Waals surface area contributed by atoms with E-state index in [1.165, 1.54) is 25.7 Å². The van der Waals surface area contributed by atoms with Crippen molar-refractivity contribution < 1.29 is 4.74 Å². The Morgan fingerprint density at radius 1 is 1.45 bits per heavy atom. The molecular weight excluding hydrogens is 160 g/mol. The van der Waals surface area contributed by atoms with E-state index in [1.54, 1.807) is 0 Å². The monoisotopic (exact) mass is 176 g/mol. The Hall–Kier alpha value is 0.250. The summed E-state index contributed by atoms with van der Waals surface area (Å²) in [6, 6.07) is 0. The topological polar surface area (TPSA) is 9.23 Å². The molecule has 0 aromatic rings. The average Bonchev–Trinajstić information content (AvgIpc) is 2.52. The fourth-order valence-corrected chi connectivity index (χ4v) is 1.49. The van der Waals surface area contributed by atoms with Crippen LogP contribution in [0.15, 0.2) is 0 Å². The first-order valence-electron chi connectivity index (χ1n) is 4.50. The fourth-order valence-electron chi connectivity index (χ4n) is 1.40. The third-order valence-electron chi connectivity index (χ3n) is 2.18. The SMILES string of the molecule is CC(CCl)COC1CCCC1. The third kappa shape index (κ3) is 3.44. The smallest absolute Gasteiger partial charge is 0.0575 e. The van der Waals surface area contributed by atoms with Crippen LogP contribution in [0, 0.1) is 5.92 Å². The van der Waals surface area contributed by atoms with E-state index in [-0.39, 0.29) is 0 Å². The van der Waals surface area contributed by atoms with Gasteiger partial charge in [0, 0.05) is 5.88 Å². The largest absolute Gasteiger partial charge is 0.378 e. The van der Waals surface area contributed by atoms with Crippen LogP contribution in [0.4, 0.5) is 0 Å². The molecule has 1 saturated carbocycles. The van der Waals surface area contributed by atoms with Gasteiger partial charge in [0.25, 0.3) is 0 Å². The Morgan fingerprint density at radius 3 is 2.64 bits per heavy atom. The van der Waals surface area contributed by atoms with E-state index in [4.69, 9.17) is 16.3 Å². The molecule has 0 radical (unpaired) electrons. The lowest BCUT2D eigenvalue weighted by molar-refractivity contribution is 0.0413. The molecule has 1 aliphatic carbocycles. The van der Waals surface area contributed by atoms with Crippen molar-refractivity contribution in [1.82, 2.24) is 0 Å². The maximum Gasteiger partial charge on any atom is 0.0575 e. The maximum absolute atomic E-state index is 5.67. The number of ether oxygens (including phenoxy) is 1. The Labute approximate surface area is 74.1 Å². The Balaban J connectivity index is 2.01. The quantitative estimate of drug-likeness (QED) is 0.599. The molecule has 66 valence electrons. The van der Waals surface area contributed by atoms with Crippen LogP contribution in [-0.4, -0.2) is 18.6 Å². The van der Waals surface area contributed by atoms with E-state index < -0.39 is 0 Å². The van der Waals surface area contributed by atoms with Gasteiger partial charge in [-0.05, 0) is 18.8 Å². The highest BCUT2D eigenvalue weighted by atomic mass is 35.5. The summed E-state index contributed by atoms with van der Waals surface area (Å²) in [4.78, 5) is 0. The molecule has 11 heavy (non-hydrogen) atoms. The summed E-state index contributed by atoms with van der Waals surface area (Å²) in [5.74, 6) is 1.23. The van der Waals surface area contributed by atoms with Gasteiger partial charge in [-0.3, -0.25) is 0 Å². The Morgan fingerprint density at radius 2 is 2.09 bits per heavy atom. The van der Waals surface area contributed by atoms with E-state index in [9.17, 15) is 0 Å². The summed E-state index contributed by atoms with van der Waals surface area (Å²) in [5.41, 5.74) is 0. The molecule has 2 heteroatoms. The molecule has 1 unspecified atom stereocenters. The highest BCUT2D eigenvalue weighted by Crippen LogP contribution is 2.21. The van der Waals surface area contributed by atoms with Gasteiger partial charge in [-0.1, -0.05) is 19.8 Å². The van der Waals surface area contributed by atoms with Gasteiger partial charge in [-0.15, -0.1) is 11.6 Å². The molecule has 0 N–H and O–H groups in total. The second-order valence-corrected chi connectivity index (χ2v) is 3.81. The first-order valence-corrected chi connectivity index (χ1v) is 5.04. The van der Waals surface area contributed by atoms with Gasteiger partial charge >= 0.3 is 0 Å². The molecule has 0 amide bonds.